The Kier molecular flexibility index (Phi) is 4.04. The number of carbonyl (C=O) groups excluding carboxylic acids is 2. The highest BCUT2D eigenvalue weighted by Crippen LogP contribution is 2.41. The highest BCUT2D eigenvalue weighted by molar-refractivity contribution is 6.34. The van der Waals surface area contributed by atoms with Crippen LogP contribution in [0, 0.1) is 6.92 Å². The number of hydrogen-bond donors (Lipinski definition) is 1. The maximum absolute atomic E-state index is 13.5. The van der Waals surface area contributed by atoms with Crippen molar-refractivity contribution in [2.24, 2.45) is 0 Å². The van der Waals surface area contributed by atoms with Crippen LogP contribution in [-0.2, 0) is 5.54 Å². The van der Waals surface area contributed by atoms with Gasteiger partial charge in [-0.1, -0.05) is 48.5 Å². The van der Waals surface area contributed by atoms with Crippen LogP contribution < -0.4 is 10.1 Å². The molecule has 0 spiro atoms. The van der Waals surface area contributed by atoms with Crippen molar-refractivity contribution in [2.45, 2.75) is 12.5 Å². The summed E-state index contributed by atoms with van der Waals surface area (Å²) in [6, 6.07) is 21.7. The van der Waals surface area contributed by atoms with Crippen molar-refractivity contribution in [1.82, 2.24) is 0 Å². The predicted octanol–water partition coefficient (Wildman–Crippen LogP) is 4.39. The number of anilines is 1. The van der Waals surface area contributed by atoms with Crippen LogP contribution in [0.25, 0.3) is 0 Å². The Balaban J connectivity index is 1.91. The summed E-state index contributed by atoms with van der Waals surface area (Å²) >= 11 is 0. The summed E-state index contributed by atoms with van der Waals surface area (Å²) in [5.74, 6) is 0.185. The van der Waals surface area contributed by atoms with E-state index in [0.717, 1.165) is 11.3 Å². The highest BCUT2D eigenvalue weighted by atomic mass is 16.5. The van der Waals surface area contributed by atoms with Crippen LogP contribution in [0.4, 0.5) is 5.69 Å². The van der Waals surface area contributed by atoms with Gasteiger partial charge in [0, 0.05) is 16.8 Å². The van der Waals surface area contributed by atoms with Gasteiger partial charge in [-0.25, -0.2) is 0 Å². The zero-order valence-electron chi connectivity index (χ0n) is 15.2. The number of ketones is 2. The maximum Gasteiger partial charge on any atom is 0.201 e. The molecule has 0 saturated carbocycles. The zero-order valence-corrected chi connectivity index (χ0v) is 15.2. The summed E-state index contributed by atoms with van der Waals surface area (Å²) in [7, 11) is 1.58. The highest BCUT2D eigenvalue weighted by Gasteiger charge is 2.54. The second-order valence-electron chi connectivity index (χ2n) is 6.68. The van der Waals surface area contributed by atoms with Crippen molar-refractivity contribution in [3.8, 4) is 5.75 Å². The van der Waals surface area contributed by atoms with E-state index in [1.165, 1.54) is 0 Å². The second-order valence-corrected chi connectivity index (χ2v) is 6.68. The smallest absolute Gasteiger partial charge is 0.201 e. The Morgan fingerprint density at radius 3 is 2.00 bits per heavy atom. The molecule has 0 aromatic heterocycles. The summed E-state index contributed by atoms with van der Waals surface area (Å²) in [5.41, 5.74) is 1.76. The zero-order chi connectivity index (χ0) is 19.0. The molecular weight excluding hydrogens is 338 g/mol. The molecule has 134 valence electrons. The number of nitrogens with one attached hydrogen (secondary N) is 1. The van der Waals surface area contributed by atoms with Gasteiger partial charge < -0.3 is 10.1 Å². The van der Waals surface area contributed by atoms with E-state index < -0.39 is 5.54 Å². The topological polar surface area (TPSA) is 55.4 Å². The number of methoxy groups -OCH3 is 1. The van der Waals surface area contributed by atoms with Crippen LogP contribution in [0.1, 0.15) is 31.8 Å². The number of rotatable bonds is 4. The minimum Gasteiger partial charge on any atom is -0.497 e. The average molecular weight is 357 g/mol. The van der Waals surface area contributed by atoms with Crippen molar-refractivity contribution < 1.29 is 14.3 Å². The third kappa shape index (κ3) is 2.61. The van der Waals surface area contributed by atoms with Crippen LogP contribution in [0.5, 0.6) is 5.75 Å². The second kappa shape index (κ2) is 6.40. The Hall–Kier alpha value is -3.40. The lowest BCUT2D eigenvalue weighted by Gasteiger charge is -2.29. The number of aryl methyl sites for hydroxylation is 1. The average Bonchev–Trinajstić information content (AvgIpc) is 2.91. The molecule has 0 heterocycles. The summed E-state index contributed by atoms with van der Waals surface area (Å²) in [6.07, 6.45) is 0. The molecule has 3 aromatic rings. The van der Waals surface area contributed by atoms with Gasteiger partial charge >= 0.3 is 0 Å². The number of carbonyl (C=O) groups is 2. The van der Waals surface area contributed by atoms with Crippen LogP contribution in [0.2, 0.25) is 0 Å². The molecule has 1 aliphatic rings. The molecule has 0 unspecified atom stereocenters. The molecule has 1 N–H and O–H groups in total. The lowest BCUT2D eigenvalue weighted by atomic mass is 9.84. The summed E-state index contributed by atoms with van der Waals surface area (Å²) in [6.45, 7) is 1.97. The molecule has 4 rings (SSSR count). The molecule has 27 heavy (non-hydrogen) atoms. The van der Waals surface area contributed by atoms with E-state index in [1.807, 2.05) is 31.2 Å². The molecule has 0 atom stereocenters. The third-order valence-electron chi connectivity index (χ3n) is 4.97. The van der Waals surface area contributed by atoms with E-state index in [9.17, 15) is 9.59 Å². The molecule has 0 fully saturated rings. The Morgan fingerprint density at radius 1 is 0.815 bits per heavy atom. The van der Waals surface area contributed by atoms with Crippen molar-refractivity contribution in [2.75, 3.05) is 12.4 Å². The van der Waals surface area contributed by atoms with E-state index in [2.05, 4.69) is 5.32 Å². The minimum absolute atomic E-state index is 0.241. The molecule has 0 aliphatic heterocycles. The summed E-state index contributed by atoms with van der Waals surface area (Å²) in [5, 5.41) is 3.26. The van der Waals surface area contributed by atoms with Crippen molar-refractivity contribution in [3.05, 3.63) is 95.1 Å². The maximum atomic E-state index is 13.5. The molecule has 0 bridgehead atoms. The van der Waals surface area contributed by atoms with E-state index in [0.29, 0.717) is 22.4 Å². The predicted molar refractivity (Wildman–Crippen MR) is 105 cm³/mol. The molecule has 0 radical (unpaired) electrons. The SMILES string of the molecule is COc1ccc(C2(Nc3cccc(C)c3)C(=O)c3ccccc3C2=O)cc1. The first kappa shape index (κ1) is 17.0. The van der Waals surface area contributed by atoms with Gasteiger partial charge in [0.2, 0.25) is 11.6 Å². The molecule has 0 amide bonds. The molecule has 1 aliphatic carbocycles. The van der Waals surface area contributed by atoms with Crippen LogP contribution in [0.3, 0.4) is 0 Å². The van der Waals surface area contributed by atoms with Crippen LogP contribution >= 0.6 is 0 Å². The van der Waals surface area contributed by atoms with Crippen molar-refractivity contribution in [1.29, 1.82) is 0 Å². The van der Waals surface area contributed by atoms with E-state index in [1.54, 1.807) is 55.6 Å². The van der Waals surface area contributed by atoms with Gasteiger partial charge in [-0.05, 0) is 42.3 Å². The normalized spacial score (nSPS) is 14.7. The lowest BCUT2D eigenvalue weighted by molar-refractivity contribution is 0.0818. The van der Waals surface area contributed by atoms with Gasteiger partial charge in [-0.2, -0.15) is 0 Å². The number of fused-ring (bicyclic) bond motifs is 1. The summed E-state index contributed by atoms with van der Waals surface area (Å²) < 4.78 is 5.22. The monoisotopic (exact) mass is 357 g/mol. The fourth-order valence-electron chi connectivity index (χ4n) is 3.61. The number of benzene rings is 3. The van der Waals surface area contributed by atoms with Gasteiger partial charge in [0.1, 0.15) is 5.75 Å². The molecule has 0 saturated heterocycles. The first-order valence-corrected chi connectivity index (χ1v) is 8.74. The fourth-order valence-corrected chi connectivity index (χ4v) is 3.61. The van der Waals surface area contributed by atoms with Gasteiger partial charge in [0.05, 0.1) is 7.11 Å². The number of Topliss-reactive ketones (excluding diaryl/α,β-unsaturated/α-hetero) is 2. The first-order chi connectivity index (χ1) is 13.1. The van der Waals surface area contributed by atoms with Gasteiger partial charge in [0.15, 0.2) is 5.54 Å². The van der Waals surface area contributed by atoms with Crippen LogP contribution in [0.15, 0.2) is 72.8 Å². The van der Waals surface area contributed by atoms with E-state index in [-0.39, 0.29) is 11.6 Å². The Bertz CT molecular complexity index is 1000. The molecule has 4 heteroatoms. The standard InChI is InChI=1S/C23H19NO3/c1-15-6-5-7-17(14-15)24-23(16-10-12-18(27-2)13-11-16)21(25)19-8-3-4-9-20(19)22(23)26/h3-14,24H,1-2H3. The molecular formula is C23H19NO3. The summed E-state index contributed by atoms with van der Waals surface area (Å²) in [4.78, 5) is 26.9. The van der Waals surface area contributed by atoms with Crippen LogP contribution in [-0.4, -0.2) is 18.7 Å². The lowest BCUT2D eigenvalue weighted by Crippen LogP contribution is -2.46. The number of ether oxygens (including phenoxy) is 1. The Morgan fingerprint density at radius 2 is 1.44 bits per heavy atom. The fraction of sp³-hybridized carbons (Fsp3) is 0.130. The molecule has 3 aromatic carbocycles. The third-order valence-corrected chi connectivity index (χ3v) is 4.97. The van der Waals surface area contributed by atoms with Crippen molar-refractivity contribution >= 4 is 17.3 Å². The van der Waals surface area contributed by atoms with E-state index in [4.69, 9.17) is 4.74 Å². The van der Waals surface area contributed by atoms with Gasteiger partial charge in [-0.15, -0.1) is 0 Å². The molecule has 4 nitrogen and oxygen atoms in total. The first-order valence-electron chi connectivity index (χ1n) is 8.74. The van der Waals surface area contributed by atoms with Crippen molar-refractivity contribution in [3.63, 3.8) is 0 Å². The van der Waals surface area contributed by atoms with Gasteiger partial charge in [0.25, 0.3) is 0 Å². The van der Waals surface area contributed by atoms with Gasteiger partial charge in [-0.3, -0.25) is 9.59 Å². The Labute approximate surface area is 157 Å². The van der Waals surface area contributed by atoms with E-state index >= 15 is 0 Å². The quantitative estimate of drug-likeness (QED) is 0.704. The number of hydrogen-bond acceptors (Lipinski definition) is 4. The minimum atomic E-state index is -1.48. The largest absolute Gasteiger partial charge is 0.497 e.